The zero-order valence-corrected chi connectivity index (χ0v) is 49.9. The normalized spacial score (nSPS) is 55.5. The minimum Gasteiger partial charge on any atom is -0.458 e. The molecule has 7 saturated heterocycles. The summed E-state index contributed by atoms with van der Waals surface area (Å²) in [7, 11) is 0. The number of esters is 1. The fourth-order valence-corrected chi connectivity index (χ4v) is 18.0. The predicted molar refractivity (Wildman–Crippen MR) is 289 cm³/mol. The van der Waals surface area contributed by atoms with Gasteiger partial charge in [0.05, 0.1) is 51.8 Å². The average molecular weight is 1270 g/mol. The van der Waals surface area contributed by atoms with E-state index in [1.165, 1.54) is 6.92 Å². The van der Waals surface area contributed by atoms with Crippen LogP contribution in [0.3, 0.4) is 0 Å². The molecule has 17 N–H and O–H groups in total. The van der Waals surface area contributed by atoms with E-state index in [2.05, 4.69) is 26.1 Å². The lowest BCUT2D eigenvalue weighted by atomic mass is 9.44. The van der Waals surface area contributed by atoms with Crippen molar-refractivity contribution in [2.75, 3.05) is 46.2 Å². The van der Waals surface area contributed by atoms with Gasteiger partial charge in [0.15, 0.2) is 37.2 Å². The van der Waals surface area contributed by atoms with Crippen LogP contribution >= 0.6 is 0 Å². The highest BCUT2D eigenvalue weighted by atomic mass is 16.8. The average Bonchev–Trinajstić information content (AvgIpc) is 1.50. The monoisotopic (exact) mass is 1270 g/mol. The molecule has 0 aromatic carbocycles. The highest BCUT2D eigenvalue weighted by Gasteiger charge is 2.71. The number of aliphatic hydroxyl groups is 16. The number of nitrogens with one attached hydrogen (secondary N) is 1. The first kappa shape index (κ1) is 67.8. The summed E-state index contributed by atoms with van der Waals surface area (Å²) in [5.41, 5.74) is -1.09. The van der Waals surface area contributed by atoms with Crippen molar-refractivity contribution in [3.8, 4) is 0 Å². The minimum atomic E-state index is -2.03. The fourth-order valence-electron chi connectivity index (χ4n) is 18.0. The molecule has 37 atom stereocenters. The minimum absolute atomic E-state index is 0.0503. The van der Waals surface area contributed by atoms with Crippen molar-refractivity contribution in [1.29, 1.82) is 0 Å². The predicted octanol–water partition coefficient (Wildman–Crippen LogP) is -6.36. The first-order chi connectivity index (χ1) is 41.8. The Labute approximate surface area is 508 Å². The third-order valence-electron chi connectivity index (χ3n) is 22.7. The van der Waals surface area contributed by atoms with Crippen molar-refractivity contribution in [2.45, 2.75) is 257 Å². The largest absolute Gasteiger partial charge is 0.458 e. The second-order valence-corrected chi connectivity index (χ2v) is 27.5. The molecule has 11 fully saturated rings. The van der Waals surface area contributed by atoms with Crippen LogP contribution in [-0.2, 0) is 61.6 Å². The number of carbonyl (C=O) groups is 1. The molecular formula is C58H95NO29. The van der Waals surface area contributed by atoms with E-state index in [4.69, 9.17) is 56.8 Å². The highest BCUT2D eigenvalue weighted by molar-refractivity contribution is 5.66. The van der Waals surface area contributed by atoms with E-state index in [1.807, 2.05) is 0 Å². The Kier molecular flexibility index (Phi) is 20.7. The highest BCUT2D eigenvalue weighted by Crippen LogP contribution is 2.71. The van der Waals surface area contributed by atoms with Gasteiger partial charge in [-0.05, 0) is 104 Å². The first-order valence-corrected chi connectivity index (χ1v) is 31.5. The summed E-state index contributed by atoms with van der Waals surface area (Å²) >= 11 is 0. The van der Waals surface area contributed by atoms with Crippen molar-refractivity contribution < 1.29 is 143 Å². The molecule has 506 valence electrons. The van der Waals surface area contributed by atoms with Crippen LogP contribution in [-0.4, -0.2) is 305 Å². The van der Waals surface area contributed by atoms with Gasteiger partial charge in [-0.1, -0.05) is 20.8 Å². The Morgan fingerprint density at radius 3 is 1.78 bits per heavy atom. The number of hydrogen-bond acceptors (Lipinski definition) is 30. The van der Waals surface area contributed by atoms with Gasteiger partial charge in [-0.15, -0.1) is 0 Å². The Morgan fingerprint density at radius 1 is 0.545 bits per heavy atom. The van der Waals surface area contributed by atoms with Crippen LogP contribution in [0.1, 0.15) is 85.5 Å². The standard InChI is InChI=1S/C58H95NO29/c1-21-36-30(88-58(21)35(79-22(2)64)11-23(14-59-58)19-77-51-45(74)41(70)38(67)31(15-60)81-51)13-28-26-6-5-24-12-25(7-9-56(24,3)27(26)8-10-57(28,36)4)80-53-47(76)43(72)48(34(18-63)84-53)85-55-50(87-54-46(75)42(71)39(68)32(16-61)82-54)49(40(69)33(17-62)83-55)86-52-44(73)37(66)29(65)20-78-52/h21,23-55,59-63,65-76H,5-20H2,1-4H3. The second kappa shape index (κ2) is 26.9. The van der Waals surface area contributed by atoms with Gasteiger partial charge in [-0.25, -0.2) is 0 Å². The van der Waals surface area contributed by atoms with Gasteiger partial charge in [-0.3, -0.25) is 10.1 Å². The molecule has 4 aliphatic carbocycles. The molecule has 30 heteroatoms. The van der Waals surface area contributed by atoms with Crippen molar-refractivity contribution in [2.24, 2.45) is 52.3 Å². The maximum absolute atomic E-state index is 12.7. The SMILES string of the molecule is CC(=O)OC1CC(COC2OC(CO)C(O)C(O)C2O)CNC12OC1CC3C4CCC5CC(OC6OC(CO)C(OC7OC(CO)C(O)C(OC8OCC(O)C(O)C8O)C7OC7OC(CO)C(O)C(O)C7O)C(O)C6O)CCC5(C)C4CCC3(C)C1C2C. The Hall–Kier alpha value is -1.65. The molecule has 0 radical (unpaired) electrons. The van der Waals surface area contributed by atoms with Gasteiger partial charge < -0.3 is 139 Å². The lowest BCUT2D eigenvalue weighted by molar-refractivity contribution is -0.404. The molecule has 0 aromatic heterocycles. The first-order valence-electron chi connectivity index (χ1n) is 31.5. The lowest BCUT2D eigenvalue weighted by Gasteiger charge is -2.61. The number of hydrogen-bond donors (Lipinski definition) is 17. The third-order valence-corrected chi connectivity index (χ3v) is 22.7. The number of aliphatic hydroxyl groups excluding tert-OH is 16. The smallest absolute Gasteiger partial charge is 0.303 e. The third kappa shape index (κ3) is 12.1. The molecule has 0 amide bonds. The molecule has 11 aliphatic rings. The number of rotatable bonds is 16. The molecule has 7 aliphatic heterocycles. The van der Waals surface area contributed by atoms with E-state index in [0.717, 1.165) is 38.5 Å². The van der Waals surface area contributed by atoms with Gasteiger partial charge in [0, 0.05) is 19.4 Å². The summed E-state index contributed by atoms with van der Waals surface area (Å²) in [6.07, 6.45) is -34.8. The molecular weight excluding hydrogens is 1170 g/mol. The maximum Gasteiger partial charge on any atom is 0.303 e. The van der Waals surface area contributed by atoms with E-state index >= 15 is 0 Å². The summed E-state index contributed by atoms with van der Waals surface area (Å²) in [4.78, 5) is 12.7. The van der Waals surface area contributed by atoms with Crippen LogP contribution in [0.2, 0.25) is 0 Å². The van der Waals surface area contributed by atoms with Crippen molar-refractivity contribution >= 4 is 5.97 Å². The van der Waals surface area contributed by atoms with Gasteiger partial charge in [-0.2, -0.15) is 0 Å². The molecule has 1 spiro atoms. The fraction of sp³-hybridized carbons (Fsp3) is 0.983. The van der Waals surface area contributed by atoms with Crippen LogP contribution in [0, 0.1) is 52.3 Å². The number of piperidine rings is 1. The molecule has 11 rings (SSSR count). The summed E-state index contributed by atoms with van der Waals surface area (Å²) in [5.74, 6) is 0.879. The zero-order valence-electron chi connectivity index (χ0n) is 49.9. The van der Waals surface area contributed by atoms with Crippen molar-refractivity contribution in [3.05, 3.63) is 0 Å². The zero-order chi connectivity index (χ0) is 63.2. The molecule has 4 saturated carbocycles. The van der Waals surface area contributed by atoms with Crippen LogP contribution in [0.15, 0.2) is 0 Å². The van der Waals surface area contributed by atoms with Gasteiger partial charge in [0.2, 0.25) is 0 Å². The molecule has 7 heterocycles. The van der Waals surface area contributed by atoms with Crippen molar-refractivity contribution in [1.82, 2.24) is 5.32 Å². The maximum atomic E-state index is 12.7. The van der Waals surface area contributed by atoms with Crippen molar-refractivity contribution in [3.63, 3.8) is 0 Å². The van der Waals surface area contributed by atoms with E-state index in [0.29, 0.717) is 43.6 Å². The van der Waals surface area contributed by atoms with E-state index in [9.17, 15) is 86.5 Å². The number of ether oxygens (including phenoxy) is 12. The molecule has 37 unspecified atom stereocenters. The lowest BCUT2D eigenvalue weighted by Crippen LogP contribution is -2.68. The molecule has 30 nitrogen and oxygen atoms in total. The Morgan fingerprint density at radius 2 is 1.11 bits per heavy atom. The Bertz CT molecular complexity index is 2330. The molecule has 88 heavy (non-hydrogen) atoms. The number of fused-ring (bicyclic) bond motifs is 7. The van der Waals surface area contributed by atoms with E-state index in [1.54, 1.807) is 0 Å². The van der Waals surface area contributed by atoms with Crippen LogP contribution in [0.5, 0.6) is 0 Å². The summed E-state index contributed by atoms with van der Waals surface area (Å²) in [6, 6.07) is 0. The summed E-state index contributed by atoms with van der Waals surface area (Å²) in [6.45, 7) is 5.16. The topological polar surface area (TPSA) is 464 Å². The summed E-state index contributed by atoms with van der Waals surface area (Å²) < 4.78 is 72.8. The quantitative estimate of drug-likeness (QED) is 0.0505. The number of carbonyl (C=O) groups excluding carboxylic acids is 1. The molecule has 0 aromatic rings. The van der Waals surface area contributed by atoms with E-state index in [-0.39, 0.29) is 47.2 Å². The Balaban J connectivity index is 0.728. The van der Waals surface area contributed by atoms with Crippen LogP contribution in [0.4, 0.5) is 0 Å². The van der Waals surface area contributed by atoms with E-state index < -0.39 is 204 Å². The molecule has 0 bridgehead atoms. The van der Waals surface area contributed by atoms with Gasteiger partial charge in [0.1, 0.15) is 122 Å². The van der Waals surface area contributed by atoms with Gasteiger partial charge >= 0.3 is 5.97 Å². The van der Waals surface area contributed by atoms with Gasteiger partial charge in [0.25, 0.3) is 0 Å². The summed E-state index contributed by atoms with van der Waals surface area (Å²) in [5, 5.41) is 175. The second-order valence-electron chi connectivity index (χ2n) is 27.5. The van der Waals surface area contributed by atoms with Crippen LogP contribution in [0.25, 0.3) is 0 Å². The van der Waals surface area contributed by atoms with Crippen LogP contribution < -0.4 is 5.32 Å².